The van der Waals surface area contributed by atoms with Crippen LogP contribution < -0.4 is 15.1 Å². The van der Waals surface area contributed by atoms with Crippen molar-refractivity contribution in [2.24, 2.45) is 5.73 Å². The summed E-state index contributed by atoms with van der Waals surface area (Å²) in [6, 6.07) is 3.21. The van der Waals surface area contributed by atoms with Gasteiger partial charge in [-0.05, 0) is 24.5 Å². The summed E-state index contributed by atoms with van der Waals surface area (Å²) in [4.78, 5) is 25.4. The second-order valence-corrected chi connectivity index (χ2v) is 8.07. The third-order valence-electron chi connectivity index (χ3n) is 5.70. The van der Waals surface area contributed by atoms with Gasteiger partial charge in [0.05, 0.1) is 25.4 Å². The number of rotatable bonds is 5. The number of hydrogen-bond acceptors (Lipinski definition) is 8. The largest absolute Gasteiger partial charge is 0.669 e. The predicted molar refractivity (Wildman–Crippen MR) is 96.0 cm³/mol. The molecule has 2 fully saturated rings. The van der Waals surface area contributed by atoms with Gasteiger partial charge in [0.15, 0.2) is 0 Å². The number of nitrogens with zero attached hydrogens (tertiary/aromatic N) is 1. The smallest absolute Gasteiger partial charge is 0.434 e. The van der Waals surface area contributed by atoms with Crippen LogP contribution in [0, 0.1) is 0 Å². The lowest BCUT2D eigenvalue weighted by molar-refractivity contribution is -0.146. The Morgan fingerprint density at radius 3 is 2.68 bits per heavy atom. The van der Waals surface area contributed by atoms with Crippen LogP contribution in [0.4, 0.5) is 0 Å². The first-order valence-corrected chi connectivity index (χ1v) is 9.09. The second kappa shape index (κ2) is 6.08. The lowest BCUT2D eigenvalue weighted by atomic mass is 9.68. The van der Waals surface area contributed by atoms with Crippen molar-refractivity contribution in [3.63, 3.8) is 0 Å². The van der Waals surface area contributed by atoms with Gasteiger partial charge in [-0.25, -0.2) is 4.79 Å². The monoisotopic (exact) mass is 393 g/mol. The van der Waals surface area contributed by atoms with Crippen LogP contribution >= 0.6 is 0 Å². The molecule has 0 aromatic heterocycles. The molecule has 1 aromatic carbocycles. The molecule has 2 aliphatic heterocycles. The van der Waals surface area contributed by atoms with Gasteiger partial charge < -0.3 is 40.3 Å². The van der Waals surface area contributed by atoms with E-state index in [0.717, 1.165) is 0 Å². The number of amides is 1. The standard InChI is InChI=1S/C17H22BN2O8/c1-17(19,7-21)16(24)20-5-8(6-20)27-12-3-2-9-10-4-11(10)18(25,26)28-14(9)13(12)15(22)23/h2-3,8,10-11,21,25-26H,4-7,19H2,1H3,(H,22,23)/q-1/t10-,11-,17?/m0/s1. The molecule has 152 valence electrons. The molecule has 2 heterocycles. The number of carboxylic acid groups (broad SMARTS) is 1. The van der Waals surface area contributed by atoms with Crippen LogP contribution in [0.15, 0.2) is 12.1 Å². The van der Waals surface area contributed by atoms with Gasteiger partial charge in [-0.2, -0.15) is 0 Å². The zero-order valence-electron chi connectivity index (χ0n) is 15.2. The van der Waals surface area contributed by atoms with Crippen molar-refractivity contribution in [2.75, 3.05) is 19.7 Å². The number of nitrogens with two attached hydrogens (primary N) is 1. The fourth-order valence-corrected chi connectivity index (χ4v) is 3.90. The van der Waals surface area contributed by atoms with Crippen molar-refractivity contribution < 1.29 is 39.2 Å². The molecule has 10 nitrogen and oxygen atoms in total. The summed E-state index contributed by atoms with van der Waals surface area (Å²) in [5.41, 5.74) is 4.71. The molecule has 1 amide bonds. The highest BCUT2D eigenvalue weighted by Gasteiger charge is 2.55. The molecule has 0 radical (unpaired) electrons. The van der Waals surface area contributed by atoms with E-state index in [9.17, 15) is 29.9 Å². The summed E-state index contributed by atoms with van der Waals surface area (Å²) in [7, 11) is 0. The average molecular weight is 393 g/mol. The number of carbonyl (C=O) groups excluding carboxylic acids is 1. The number of aliphatic hydroxyl groups excluding tert-OH is 1. The SMILES string of the molecule is CC(N)(CO)C(=O)N1CC(Oc2ccc3c(c2C(=O)O)O[B-](O)(O)[C@H]2C[C@@H]32)C1. The number of aliphatic hydroxyl groups is 1. The minimum Gasteiger partial charge on any atom is -0.669 e. The molecule has 3 aliphatic rings. The van der Waals surface area contributed by atoms with Gasteiger partial charge in [0.2, 0.25) is 5.91 Å². The molecule has 1 saturated heterocycles. The Balaban J connectivity index is 1.53. The van der Waals surface area contributed by atoms with Crippen molar-refractivity contribution in [1.29, 1.82) is 0 Å². The van der Waals surface area contributed by atoms with E-state index in [-0.39, 0.29) is 36.1 Å². The number of benzene rings is 1. The number of carboxylic acids is 1. The molecule has 0 bridgehead atoms. The van der Waals surface area contributed by atoms with Gasteiger partial charge in [-0.15, -0.1) is 0 Å². The summed E-state index contributed by atoms with van der Waals surface area (Å²) >= 11 is 0. The summed E-state index contributed by atoms with van der Waals surface area (Å²) in [5.74, 6) is -2.32. The molecule has 1 saturated carbocycles. The third-order valence-corrected chi connectivity index (χ3v) is 5.70. The lowest BCUT2D eigenvalue weighted by Gasteiger charge is -2.42. The van der Waals surface area contributed by atoms with Crippen LogP contribution in [0.1, 0.15) is 35.2 Å². The van der Waals surface area contributed by atoms with Gasteiger partial charge in [-0.1, -0.05) is 18.3 Å². The van der Waals surface area contributed by atoms with Crippen molar-refractivity contribution in [3.05, 3.63) is 23.3 Å². The fourth-order valence-electron chi connectivity index (χ4n) is 3.90. The molecular weight excluding hydrogens is 371 g/mol. The third kappa shape index (κ3) is 2.91. The highest BCUT2D eigenvalue weighted by molar-refractivity contribution is 6.62. The number of ether oxygens (including phenoxy) is 1. The van der Waals surface area contributed by atoms with Gasteiger partial charge in [0.25, 0.3) is 0 Å². The molecule has 1 unspecified atom stereocenters. The summed E-state index contributed by atoms with van der Waals surface area (Å²) in [6.07, 6.45) is 0.0761. The summed E-state index contributed by atoms with van der Waals surface area (Å²) < 4.78 is 11.0. The van der Waals surface area contributed by atoms with E-state index < -0.39 is 42.7 Å². The maximum Gasteiger partial charge on any atom is 0.434 e. The first kappa shape index (κ1) is 19.0. The Hall–Kier alpha value is -2.34. The van der Waals surface area contributed by atoms with E-state index in [1.54, 1.807) is 6.07 Å². The highest BCUT2D eigenvalue weighted by atomic mass is 16.6. The minimum absolute atomic E-state index is 0.0340. The van der Waals surface area contributed by atoms with E-state index in [0.29, 0.717) is 12.0 Å². The van der Waals surface area contributed by atoms with Gasteiger partial charge in [-0.3, -0.25) is 4.79 Å². The molecule has 0 spiro atoms. The molecule has 11 heteroatoms. The average Bonchev–Trinajstić information content (AvgIpc) is 3.38. The number of likely N-dealkylation sites (tertiary alicyclic amines) is 1. The molecule has 1 aliphatic carbocycles. The van der Waals surface area contributed by atoms with Crippen molar-refractivity contribution in [2.45, 2.75) is 36.7 Å². The minimum atomic E-state index is -3.11. The van der Waals surface area contributed by atoms with Crippen molar-refractivity contribution >= 4 is 18.6 Å². The van der Waals surface area contributed by atoms with E-state index in [2.05, 4.69) is 0 Å². The number of carbonyl (C=O) groups is 2. The molecular formula is C17H22BN2O8-. The zero-order chi connectivity index (χ0) is 20.4. The first-order chi connectivity index (χ1) is 13.0. The number of aromatic carboxylic acids is 1. The number of fused-ring (bicyclic) bond motifs is 3. The molecule has 6 N–H and O–H groups in total. The van der Waals surface area contributed by atoms with Crippen LogP contribution in [-0.2, 0) is 4.79 Å². The van der Waals surface area contributed by atoms with Crippen LogP contribution in [0.2, 0.25) is 5.82 Å². The first-order valence-electron chi connectivity index (χ1n) is 9.09. The van der Waals surface area contributed by atoms with E-state index in [1.165, 1.54) is 17.9 Å². The maximum atomic E-state index is 12.2. The van der Waals surface area contributed by atoms with Gasteiger partial charge >= 0.3 is 12.7 Å². The molecule has 1 aromatic rings. The topological polar surface area (TPSA) is 163 Å². The second-order valence-electron chi connectivity index (χ2n) is 8.07. The zero-order valence-corrected chi connectivity index (χ0v) is 15.2. The fraction of sp³-hybridized carbons (Fsp3) is 0.529. The van der Waals surface area contributed by atoms with E-state index in [1.807, 2.05) is 0 Å². The van der Waals surface area contributed by atoms with Crippen molar-refractivity contribution in [1.82, 2.24) is 4.90 Å². The lowest BCUT2D eigenvalue weighted by Crippen LogP contribution is -2.64. The van der Waals surface area contributed by atoms with Crippen LogP contribution in [-0.4, -0.2) is 75.1 Å². The summed E-state index contributed by atoms with van der Waals surface area (Å²) in [6.45, 7) is -1.78. The Bertz CT molecular complexity index is 852. The maximum absolute atomic E-state index is 12.2. The van der Waals surface area contributed by atoms with Crippen LogP contribution in [0.25, 0.3) is 0 Å². The normalized spacial score (nSPS) is 26.8. The van der Waals surface area contributed by atoms with Gasteiger partial charge in [0, 0.05) is 0 Å². The Labute approximate surface area is 160 Å². The van der Waals surface area contributed by atoms with Crippen LogP contribution in [0.3, 0.4) is 0 Å². The Morgan fingerprint density at radius 1 is 1.39 bits per heavy atom. The van der Waals surface area contributed by atoms with E-state index in [4.69, 9.17) is 15.1 Å². The van der Waals surface area contributed by atoms with Gasteiger partial charge in [0.1, 0.15) is 23.0 Å². The Kier molecular flexibility index (Phi) is 4.13. The predicted octanol–water partition coefficient (Wildman–Crippen LogP) is -1.14. The quantitative estimate of drug-likeness (QED) is 0.389. The molecule has 4 rings (SSSR count). The summed E-state index contributed by atoms with van der Waals surface area (Å²) in [5, 5.41) is 38.9. The van der Waals surface area contributed by atoms with Crippen LogP contribution in [0.5, 0.6) is 11.5 Å². The Morgan fingerprint density at radius 2 is 2.07 bits per heavy atom. The van der Waals surface area contributed by atoms with Crippen molar-refractivity contribution in [3.8, 4) is 11.5 Å². The molecule has 28 heavy (non-hydrogen) atoms. The number of hydrogen-bond donors (Lipinski definition) is 5. The highest BCUT2D eigenvalue weighted by Crippen LogP contribution is 2.63. The van der Waals surface area contributed by atoms with E-state index >= 15 is 0 Å². The molecule has 3 atom stereocenters.